The molecule has 21 heavy (non-hydrogen) atoms. The van der Waals surface area contributed by atoms with Gasteiger partial charge in [-0.05, 0) is 25.1 Å². The maximum Gasteiger partial charge on any atom is 0.267 e. The molecule has 5 nitrogen and oxygen atoms in total. The second-order valence-electron chi connectivity index (χ2n) is 4.62. The number of nitrogens with one attached hydrogen (secondary N) is 1. The zero-order valence-electron chi connectivity index (χ0n) is 11.8. The summed E-state index contributed by atoms with van der Waals surface area (Å²) < 4.78 is 0. The van der Waals surface area contributed by atoms with E-state index in [9.17, 15) is 9.59 Å². The lowest BCUT2D eigenvalue weighted by Gasteiger charge is -2.13. The average molecular weight is 324 g/mol. The Balaban J connectivity index is 2.26. The summed E-state index contributed by atoms with van der Waals surface area (Å²) in [7, 11) is 3.29. The Labute approximate surface area is 131 Å². The van der Waals surface area contributed by atoms with Crippen LogP contribution in [0.15, 0.2) is 23.7 Å². The smallest absolute Gasteiger partial charge is 0.267 e. The number of aryl methyl sites for hydroxylation is 1. The minimum absolute atomic E-state index is 0.218. The normalized spacial score (nSPS) is 10.3. The van der Waals surface area contributed by atoms with Crippen molar-refractivity contribution in [2.45, 2.75) is 6.92 Å². The lowest BCUT2D eigenvalue weighted by molar-refractivity contribution is 0.0827. The summed E-state index contributed by atoms with van der Waals surface area (Å²) >= 11 is 7.30. The minimum atomic E-state index is -0.249. The first kappa shape index (κ1) is 15.5. The van der Waals surface area contributed by atoms with Gasteiger partial charge in [0.15, 0.2) is 0 Å². The van der Waals surface area contributed by atoms with Gasteiger partial charge in [0.05, 0.1) is 21.8 Å². The first-order valence-electron chi connectivity index (χ1n) is 6.12. The number of rotatable bonds is 3. The third-order valence-corrected chi connectivity index (χ3v) is 4.07. The van der Waals surface area contributed by atoms with E-state index in [0.29, 0.717) is 26.8 Å². The van der Waals surface area contributed by atoms with Gasteiger partial charge in [-0.15, -0.1) is 11.3 Å². The average Bonchev–Trinajstić information content (AvgIpc) is 2.86. The highest BCUT2D eigenvalue weighted by atomic mass is 35.5. The van der Waals surface area contributed by atoms with Crippen molar-refractivity contribution in [2.75, 3.05) is 19.4 Å². The van der Waals surface area contributed by atoms with E-state index >= 15 is 0 Å². The molecule has 1 heterocycles. The van der Waals surface area contributed by atoms with Gasteiger partial charge in [0.2, 0.25) is 0 Å². The fourth-order valence-corrected chi connectivity index (χ4v) is 2.61. The van der Waals surface area contributed by atoms with Crippen LogP contribution in [0, 0.1) is 6.92 Å². The number of benzene rings is 1. The highest BCUT2D eigenvalue weighted by Crippen LogP contribution is 2.23. The molecule has 0 aliphatic carbocycles. The van der Waals surface area contributed by atoms with E-state index in [1.54, 1.807) is 44.7 Å². The molecule has 0 saturated carbocycles. The highest BCUT2D eigenvalue weighted by molar-refractivity contribution is 7.12. The zero-order valence-corrected chi connectivity index (χ0v) is 13.4. The van der Waals surface area contributed by atoms with Gasteiger partial charge in [-0.1, -0.05) is 11.6 Å². The summed E-state index contributed by atoms with van der Waals surface area (Å²) in [5.41, 5.74) is 3.16. The molecule has 1 aromatic carbocycles. The minimum Gasteiger partial charge on any atom is -0.345 e. The second kappa shape index (κ2) is 6.24. The Hall–Kier alpha value is -1.92. The molecule has 2 amide bonds. The largest absolute Gasteiger partial charge is 0.345 e. The third-order valence-electron chi connectivity index (χ3n) is 2.81. The van der Waals surface area contributed by atoms with Crippen LogP contribution in [0.25, 0.3) is 0 Å². The number of anilines is 1. The fraction of sp³-hybridized carbons (Fsp3) is 0.214. The fourth-order valence-electron chi connectivity index (χ4n) is 1.72. The molecular formula is C14H14ClN3O2S. The molecule has 7 heteroatoms. The van der Waals surface area contributed by atoms with E-state index in [1.807, 2.05) is 0 Å². The molecule has 1 N–H and O–H groups in total. The summed E-state index contributed by atoms with van der Waals surface area (Å²) in [6.45, 7) is 1.77. The second-order valence-corrected chi connectivity index (χ2v) is 5.88. The monoisotopic (exact) mass is 323 g/mol. The predicted octanol–water partition coefficient (Wildman–Crippen LogP) is 3.06. The molecular weight excluding hydrogens is 310 g/mol. The van der Waals surface area contributed by atoms with Crippen LogP contribution >= 0.6 is 22.9 Å². The standard InChI is InChI=1S/C14H14ClN3O2S/c1-8-12(21-7-16-8)13(19)17-9-4-5-11(15)10(6-9)14(20)18(2)3/h4-7H,1-3H3,(H,17,19). The molecule has 2 rings (SSSR count). The van der Waals surface area contributed by atoms with E-state index in [-0.39, 0.29) is 11.8 Å². The molecule has 2 aromatic rings. The van der Waals surface area contributed by atoms with Crippen LogP contribution in [-0.4, -0.2) is 35.8 Å². The van der Waals surface area contributed by atoms with Crippen molar-refractivity contribution in [3.05, 3.63) is 44.9 Å². The van der Waals surface area contributed by atoms with Crippen LogP contribution in [0.1, 0.15) is 25.7 Å². The number of thiazole rings is 1. The summed E-state index contributed by atoms with van der Waals surface area (Å²) in [6.07, 6.45) is 0. The molecule has 1 aromatic heterocycles. The molecule has 0 spiro atoms. The lowest BCUT2D eigenvalue weighted by Crippen LogP contribution is -2.22. The number of hydrogen-bond acceptors (Lipinski definition) is 4. The van der Waals surface area contributed by atoms with Crippen molar-refractivity contribution in [1.29, 1.82) is 0 Å². The van der Waals surface area contributed by atoms with Crippen molar-refractivity contribution in [3.63, 3.8) is 0 Å². The zero-order chi connectivity index (χ0) is 15.6. The van der Waals surface area contributed by atoms with E-state index in [1.165, 1.54) is 16.2 Å². The number of amides is 2. The molecule has 0 fully saturated rings. The van der Waals surface area contributed by atoms with E-state index in [2.05, 4.69) is 10.3 Å². The SMILES string of the molecule is Cc1ncsc1C(=O)Nc1ccc(Cl)c(C(=O)N(C)C)c1. The number of halogens is 1. The maximum atomic E-state index is 12.1. The van der Waals surface area contributed by atoms with E-state index in [4.69, 9.17) is 11.6 Å². The Morgan fingerprint density at radius 2 is 2.05 bits per heavy atom. The van der Waals surface area contributed by atoms with Crippen LogP contribution in [-0.2, 0) is 0 Å². The number of nitrogens with zero attached hydrogens (tertiary/aromatic N) is 2. The number of aromatic nitrogens is 1. The summed E-state index contributed by atoms with van der Waals surface area (Å²) in [5, 5.41) is 3.10. The van der Waals surface area contributed by atoms with Gasteiger partial charge in [0.25, 0.3) is 11.8 Å². The van der Waals surface area contributed by atoms with Crippen molar-refractivity contribution >= 4 is 40.4 Å². The van der Waals surface area contributed by atoms with Crippen molar-refractivity contribution in [3.8, 4) is 0 Å². The molecule has 0 saturated heterocycles. The van der Waals surface area contributed by atoms with Gasteiger partial charge >= 0.3 is 0 Å². The Kier molecular flexibility index (Phi) is 4.59. The number of carbonyl (C=O) groups is 2. The van der Waals surface area contributed by atoms with Gasteiger partial charge in [0, 0.05) is 19.8 Å². The van der Waals surface area contributed by atoms with Crippen LogP contribution in [0.4, 0.5) is 5.69 Å². The van der Waals surface area contributed by atoms with Gasteiger partial charge in [-0.2, -0.15) is 0 Å². The topological polar surface area (TPSA) is 62.3 Å². The Morgan fingerprint density at radius 1 is 1.33 bits per heavy atom. The summed E-state index contributed by atoms with van der Waals surface area (Å²) in [6, 6.07) is 4.81. The molecule has 0 aliphatic rings. The highest BCUT2D eigenvalue weighted by Gasteiger charge is 2.16. The Bertz CT molecular complexity index is 697. The van der Waals surface area contributed by atoms with Gasteiger partial charge < -0.3 is 10.2 Å². The van der Waals surface area contributed by atoms with Crippen molar-refractivity contribution in [2.24, 2.45) is 0 Å². The predicted molar refractivity (Wildman–Crippen MR) is 84.3 cm³/mol. The summed E-state index contributed by atoms with van der Waals surface area (Å²) in [5.74, 6) is -0.467. The third kappa shape index (κ3) is 3.40. The van der Waals surface area contributed by atoms with Crippen molar-refractivity contribution < 1.29 is 9.59 Å². The van der Waals surface area contributed by atoms with Crippen LogP contribution in [0.2, 0.25) is 5.02 Å². The van der Waals surface area contributed by atoms with E-state index in [0.717, 1.165) is 0 Å². The van der Waals surface area contributed by atoms with Gasteiger partial charge in [-0.3, -0.25) is 9.59 Å². The maximum absolute atomic E-state index is 12.1. The molecule has 0 atom stereocenters. The van der Waals surface area contributed by atoms with E-state index < -0.39 is 0 Å². The van der Waals surface area contributed by atoms with Gasteiger partial charge in [0.1, 0.15) is 4.88 Å². The molecule has 110 valence electrons. The van der Waals surface area contributed by atoms with Gasteiger partial charge in [-0.25, -0.2) is 4.98 Å². The number of carbonyl (C=O) groups excluding carboxylic acids is 2. The first-order valence-corrected chi connectivity index (χ1v) is 7.38. The van der Waals surface area contributed by atoms with Crippen LogP contribution in [0.5, 0.6) is 0 Å². The molecule has 0 unspecified atom stereocenters. The first-order chi connectivity index (χ1) is 9.90. The molecule has 0 radical (unpaired) electrons. The lowest BCUT2D eigenvalue weighted by atomic mass is 10.1. The quantitative estimate of drug-likeness (QED) is 0.944. The molecule has 0 aliphatic heterocycles. The number of hydrogen-bond donors (Lipinski definition) is 1. The summed E-state index contributed by atoms with van der Waals surface area (Å²) in [4.78, 5) is 30.1. The van der Waals surface area contributed by atoms with Crippen LogP contribution < -0.4 is 5.32 Å². The van der Waals surface area contributed by atoms with Crippen LogP contribution in [0.3, 0.4) is 0 Å². The Morgan fingerprint density at radius 3 is 2.62 bits per heavy atom. The molecule has 0 bridgehead atoms. The van der Waals surface area contributed by atoms with Crippen molar-refractivity contribution in [1.82, 2.24) is 9.88 Å².